The SMILES string of the molecule is CC(C)=CCc1c(O[C@@H]2O[C@H](CO)[C@@H](O)[C@H](O)[C@H]2O)cc(O)c2c1O[C@@H](c1ccc(O)cc1)CC2=O. The van der Waals surface area contributed by atoms with E-state index in [-0.39, 0.29) is 47.2 Å². The fraction of sp³-hybridized carbons (Fsp3) is 0.423. The maximum Gasteiger partial charge on any atom is 0.229 e. The number of aliphatic hydroxyl groups excluding tert-OH is 4. The number of ketones is 1. The quantitative estimate of drug-likeness (QED) is 0.319. The lowest BCUT2D eigenvalue weighted by atomic mass is 9.92. The van der Waals surface area contributed by atoms with E-state index in [1.54, 1.807) is 12.1 Å². The molecule has 2 aromatic carbocycles. The molecule has 10 nitrogen and oxygen atoms in total. The number of fused-ring (bicyclic) bond motifs is 1. The zero-order valence-corrected chi connectivity index (χ0v) is 19.9. The number of aliphatic hydroxyl groups is 4. The third-order valence-corrected chi connectivity index (χ3v) is 6.30. The summed E-state index contributed by atoms with van der Waals surface area (Å²) in [6.07, 6.45) is -6.14. The van der Waals surface area contributed by atoms with Gasteiger partial charge in [0.15, 0.2) is 5.78 Å². The molecule has 2 aliphatic rings. The molecule has 36 heavy (non-hydrogen) atoms. The lowest BCUT2D eigenvalue weighted by Crippen LogP contribution is -2.60. The predicted molar refractivity (Wildman–Crippen MR) is 126 cm³/mol. The number of phenols is 2. The van der Waals surface area contributed by atoms with E-state index in [1.807, 2.05) is 19.9 Å². The minimum atomic E-state index is -1.66. The highest BCUT2D eigenvalue weighted by atomic mass is 16.7. The van der Waals surface area contributed by atoms with E-state index in [2.05, 4.69) is 0 Å². The molecule has 1 saturated heterocycles. The number of hydrogen-bond donors (Lipinski definition) is 6. The fourth-order valence-corrected chi connectivity index (χ4v) is 4.29. The fourth-order valence-electron chi connectivity index (χ4n) is 4.29. The van der Waals surface area contributed by atoms with Crippen LogP contribution in [0.25, 0.3) is 0 Å². The molecule has 0 unspecified atom stereocenters. The lowest BCUT2D eigenvalue weighted by molar-refractivity contribution is -0.277. The Bertz CT molecular complexity index is 1140. The largest absolute Gasteiger partial charge is 0.508 e. The van der Waals surface area contributed by atoms with Crippen molar-refractivity contribution < 1.29 is 49.6 Å². The average Bonchev–Trinajstić information content (AvgIpc) is 2.83. The minimum Gasteiger partial charge on any atom is -0.508 e. The molecular weight excluding hydrogens is 472 g/mol. The smallest absolute Gasteiger partial charge is 0.229 e. The molecule has 0 aliphatic carbocycles. The van der Waals surface area contributed by atoms with Gasteiger partial charge in [0.2, 0.25) is 6.29 Å². The number of allylic oxidation sites excluding steroid dienone is 2. The molecule has 2 aliphatic heterocycles. The number of phenolic OH excluding ortho intramolecular Hbond substituents is 2. The third-order valence-electron chi connectivity index (χ3n) is 6.30. The van der Waals surface area contributed by atoms with Gasteiger partial charge in [0.05, 0.1) is 13.0 Å². The third kappa shape index (κ3) is 5.04. The number of hydrogen-bond acceptors (Lipinski definition) is 10. The monoisotopic (exact) mass is 502 g/mol. The van der Waals surface area contributed by atoms with Crippen LogP contribution < -0.4 is 9.47 Å². The number of benzene rings is 2. The van der Waals surface area contributed by atoms with Gasteiger partial charge in [-0.15, -0.1) is 0 Å². The normalized spacial score (nSPS) is 27.7. The summed E-state index contributed by atoms with van der Waals surface area (Å²) in [6, 6.07) is 7.47. The number of aromatic hydroxyl groups is 2. The van der Waals surface area contributed by atoms with Gasteiger partial charge in [0.1, 0.15) is 59.1 Å². The van der Waals surface area contributed by atoms with Crippen LogP contribution in [0.15, 0.2) is 42.0 Å². The molecular formula is C26H30O10. The van der Waals surface area contributed by atoms with E-state index < -0.39 is 43.4 Å². The summed E-state index contributed by atoms with van der Waals surface area (Å²) >= 11 is 0. The Morgan fingerprint density at radius 2 is 1.78 bits per heavy atom. The summed E-state index contributed by atoms with van der Waals surface area (Å²) < 4.78 is 17.5. The van der Waals surface area contributed by atoms with Gasteiger partial charge in [-0.25, -0.2) is 0 Å². The zero-order valence-electron chi connectivity index (χ0n) is 19.9. The average molecular weight is 503 g/mol. The van der Waals surface area contributed by atoms with Crippen LogP contribution in [0.5, 0.6) is 23.0 Å². The van der Waals surface area contributed by atoms with Crippen LogP contribution in [-0.2, 0) is 11.2 Å². The number of carbonyl (C=O) groups excluding carboxylic acids is 1. The minimum absolute atomic E-state index is 0.00309. The van der Waals surface area contributed by atoms with Crippen LogP contribution in [-0.4, -0.2) is 73.7 Å². The number of ether oxygens (including phenoxy) is 3. The topological polar surface area (TPSA) is 166 Å². The van der Waals surface area contributed by atoms with Gasteiger partial charge in [-0.05, 0) is 38.0 Å². The first kappa shape index (κ1) is 25.9. The molecule has 10 heteroatoms. The molecule has 6 N–H and O–H groups in total. The van der Waals surface area contributed by atoms with Crippen molar-refractivity contribution in [3.8, 4) is 23.0 Å². The van der Waals surface area contributed by atoms with Gasteiger partial charge < -0.3 is 44.8 Å². The van der Waals surface area contributed by atoms with Crippen LogP contribution in [0.2, 0.25) is 0 Å². The highest BCUT2D eigenvalue weighted by Gasteiger charge is 2.45. The summed E-state index contributed by atoms with van der Waals surface area (Å²) in [6.45, 7) is 3.14. The van der Waals surface area contributed by atoms with Gasteiger partial charge in [-0.1, -0.05) is 23.8 Å². The summed E-state index contributed by atoms with van der Waals surface area (Å²) in [5.74, 6) is -0.517. The van der Waals surface area contributed by atoms with E-state index >= 15 is 0 Å². The van der Waals surface area contributed by atoms with Crippen molar-refractivity contribution in [3.05, 3.63) is 58.7 Å². The van der Waals surface area contributed by atoms with E-state index in [9.17, 15) is 35.4 Å². The number of rotatable bonds is 6. The van der Waals surface area contributed by atoms with Crippen molar-refractivity contribution in [2.45, 2.75) is 63.5 Å². The van der Waals surface area contributed by atoms with Crippen LogP contribution >= 0.6 is 0 Å². The number of carbonyl (C=O) groups is 1. The Balaban J connectivity index is 1.76. The van der Waals surface area contributed by atoms with Crippen molar-refractivity contribution in [2.24, 2.45) is 0 Å². The molecule has 0 amide bonds. The van der Waals surface area contributed by atoms with Gasteiger partial charge in [-0.2, -0.15) is 0 Å². The summed E-state index contributed by atoms with van der Waals surface area (Å²) in [7, 11) is 0. The van der Waals surface area contributed by atoms with E-state index in [1.165, 1.54) is 18.2 Å². The number of Topliss-reactive ketones (excluding diaryl/α,β-unsaturated/α-hetero) is 1. The van der Waals surface area contributed by atoms with Gasteiger partial charge in [0, 0.05) is 11.6 Å². The zero-order chi connectivity index (χ0) is 26.1. The molecule has 0 radical (unpaired) electrons. The van der Waals surface area contributed by atoms with Crippen LogP contribution in [0.4, 0.5) is 0 Å². The second kappa shape index (κ2) is 10.5. The molecule has 0 aromatic heterocycles. The molecule has 194 valence electrons. The molecule has 1 fully saturated rings. The Hall–Kier alpha value is -3.15. The molecule has 2 aromatic rings. The molecule has 0 bridgehead atoms. The lowest BCUT2D eigenvalue weighted by Gasteiger charge is -2.40. The first-order valence-corrected chi connectivity index (χ1v) is 11.6. The second-order valence-corrected chi connectivity index (χ2v) is 9.20. The Labute approximate surface area is 207 Å². The van der Waals surface area contributed by atoms with E-state index in [0.717, 1.165) is 5.57 Å². The van der Waals surface area contributed by atoms with Crippen molar-refractivity contribution in [1.29, 1.82) is 0 Å². The molecule has 0 spiro atoms. The van der Waals surface area contributed by atoms with Crippen molar-refractivity contribution >= 4 is 5.78 Å². The maximum absolute atomic E-state index is 13.1. The maximum atomic E-state index is 13.1. The molecule has 0 saturated carbocycles. The van der Waals surface area contributed by atoms with Gasteiger partial charge in [0.25, 0.3) is 0 Å². The Kier molecular flexibility index (Phi) is 7.53. The van der Waals surface area contributed by atoms with Crippen molar-refractivity contribution in [2.75, 3.05) is 6.61 Å². The molecule has 2 heterocycles. The van der Waals surface area contributed by atoms with Crippen molar-refractivity contribution in [3.63, 3.8) is 0 Å². The first-order chi connectivity index (χ1) is 17.1. The van der Waals surface area contributed by atoms with Gasteiger partial charge in [-0.3, -0.25) is 4.79 Å². The summed E-state index contributed by atoms with van der Waals surface area (Å²) in [4.78, 5) is 13.1. The van der Waals surface area contributed by atoms with Crippen LogP contribution in [0.1, 0.15) is 47.9 Å². The molecule has 4 rings (SSSR count). The van der Waals surface area contributed by atoms with E-state index in [4.69, 9.17) is 14.2 Å². The predicted octanol–water partition coefficient (Wildman–Crippen LogP) is 1.49. The highest BCUT2D eigenvalue weighted by molar-refractivity contribution is 6.03. The molecule has 6 atom stereocenters. The highest BCUT2D eigenvalue weighted by Crippen LogP contribution is 2.46. The van der Waals surface area contributed by atoms with Crippen LogP contribution in [0, 0.1) is 0 Å². The summed E-state index contributed by atoms with van der Waals surface area (Å²) in [5.41, 5.74) is 2.02. The van der Waals surface area contributed by atoms with Gasteiger partial charge >= 0.3 is 0 Å². The van der Waals surface area contributed by atoms with Crippen LogP contribution in [0.3, 0.4) is 0 Å². The standard InChI is InChI=1S/C26H30O10/c1-12(2)3-8-15-19(35-26-24(33)23(32)22(31)20(11-27)36-26)10-17(30)21-16(29)9-18(34-25(15)21)13-4-6-14(28)7-5-13/h3-7,10,18,20,22-24,26-28,30-33H,8-9,11H2,1-2H3/t18-,20-,22-,23+,24-,26-/m1/s1. The Morgan fingerprint density at radius 1 is 1.08 bits per heavy atom. The first-order valence-electron chi connectivity index (χ1n) is 11.6. The van der Waals surface area contributed by atoms with Crippen molar-refractivity contribution in [1.82, 2.24) is 0 Å². The Morgan fingerprint density at radius 3 is 2.42 bits per heavy atom. The van der Waals surface area contributed by atoms with E-state index in [0.29, 0.717) is 11.1 Å². The summed E-state index contributed by atoms with van der Waals surface area (Å²) in [5, 5.41) is 60.4. The second-order valence-electron chi connectivity index (χ2n) is 9.20.